The number of carbonyl (C=O) groups excluding carboxylic acids is 4. The van der Waals surface area contributed by atoms with E-state index in [0.29, 0.717) is 50.8 Å². The number of nitrogens with one attached hydrogen (secondary N) is 4. The number of hydrogen-bond donors (Lipinski definition) is 4. The SMILES string of the molecule is COC(=O)N[C@H](C(=O)N1CCC[C@H]1c1ncc(-c2cc3c4c(c2)OCc2cc(-c5cnc([C@@H]6C[C@H](C)CN6C(=O)[C@@H](NC(=O)OC)[C@@H](C)OC)[nH]5)cc(c2-4)OC3)[nH]1)[C@@H](C)OC. The highest BCUT2D eigenvalue weighted by molar-refractivity contribution is 5.89. The number of benzene rings is 2. The van der Waals surface area contributed by atoms with Gasteiger partial charge in [-0.1, -0.05) is 6.92 Å². The summed E-state index contributed by atoms with van der Waals surface area (Å²) in [6.45, 7) is 7.20. The lowest BCUT2D eigenvalue weighted by Crippen LogP contribution is -2.54. The number of rotatable bonds is 12. The van der Waals surface area contributed by atoms with E-state index in [1.54, 1.807) is 36.0 Å². The zero-order valence-corrected chi connectivity index (χ0v) is 35.3. The maximum atomic E-state index is 13.9. The smallest absolute Gasteiger partial charge is 0.407 e. The molecule has 8 rings (SSSR count). The number of likely N-dealkylation sites (tertiary alicyclic amines) is 2. The van der Waals surface area contributed by atoms with Crippen LogP contribution in [0.15, 0.2) is 36.7 Å². The van der Waals surface area contributed by atoms with Crippen LogP contribution < -0.4 is 20.1 Å². The van der Waals surface area contributed by atoms with E-state index in [-0.39, 0.29) is 29.8 Å². The maximum Gasteiger partial charge on any atom is 0.407 e. The Bertz CT molecular complexity index is 2280. The highest BCUT2D eigenvalue weighted by Gasteiger charge is 2.42. The summed E-state index contributed by atoms with van der Waals surface area (Å²) in [6.07, 6.45) is 3.14. The van der Waals surface area contributed by atoms with Gasteiger partial charge in [0, 0.05) is 60.7 Å². The van der Waals surface area contributed by atoms with Crippen LogP contribution in [0.25, 0.3) is 33.6 Å². The first-order valence-electron chi connectivity index (χ1n) is 20.5. The topological polar surface area (TPSA) is 212 Å². The van der Waals surface area contributed by atoms with Crippen molar-refractivity contribution in [3.8, 4) is 45.1 Å². The molecule has 0 bridgehead atoms. The number of aromatic nitrogens is 4. The first-order valence-corrected chi connectivity index (χ1v) is 20.5. The molecular formula is C43H52N8O10. The van der Waals surface area contributed by atoms with E-state index in [9.17, 15) is 19.2 Å². The molecule has 4 N–H and O–H groups in total. The third-order valence-electron chi connectivity index (χ3n) is 12.3. The minimum absolute atomic E-state index is 0.206. The molecule has 6 heterocycles. The second kappa shape index (κ2) is 17.1. The van der Waals surface area contributed by atoms with Gasteiger partial charge in [0.1, 0.15) is 48.4 Å². The lowest BCUT2D eigenvalue weighted by molar-refractivity contribution is -0.138. The summed E-state index contributed by atoms with van der Waals surface area (Å²) in [5, 5.41) is 5.27. The van der Waals surface area contributed by atoms with Crippen LogP contribution in [-0.4, -0.2) is 120 Å². The minimum atomic E-state index is -0.936. The quantitative estimate of drug-likeness (QED) is 0.148. The molecule has 18 nitrogen and oxygen atoms in total. The minimum Gasteiger partial charge on any atom is -0.488 e. The summed E-state index contributed by atoms with van der Waals surface area (Å²) in [4.78, 5) is 71.8. The zero-order valence-electron chi connectivity index (χ0n) is 35.3. The molecule has 4 amide bonds. The normalized spacial score (nSPS) is 20.7. The van der Waals surface area contributed by atoms with Gasteiger partial charge in [0.25, 0.3) is 0 Å². The molecule has 0 unspecified atom stereocenters. The van der Waals surface area contributed by atoms with Crippen molar-refractivity contribution < 1.29 is 47.6 Å². The Morgan fingerprint density at radius 3 is 1.72 bits per heavy atom. The van der Waals surface area contributed by atoms with Gasteiger partial charge in [-0.2, -0.15) is 0 Å². The van der Waals surface area contributed by atoms with Crippen molar-refractivity contribution in [1.82, 2.24) is 40.4 Å². The summed E-state index contributed by atoms with van der Waals surface area (Å²) in [7, 11) is 5.49. The van der Waals surface area contributed by atoms with Gasteiger partial charge < -0.3 is 58.8 Å². The van der Waals surface area contributed by atoms with E-state index >= 15 is 0 Å². The average Bonchev–Trinajstić information content (AvgIpc) is 4.12. The largest absolute Gasteiger partial charge is 0.488 e. The first-order chi connectivity index (χ1) is 29.4. The van der Waals surface area contributed by atoms with E-state index in [1.165, 1.54) is 28.4 Å². The summed E-state index contributed by atoms with van der Waals surface area (Å²) >= 11 is 0. The molecule has 4 aromatic rings. The van der Waals surface area contributed by atoms with Crippen LogP contribution in [0.1, 0.15) is 74.9 Å². The summed E-state index contributed by atoms with van der Waals surface area (Å²) in [6, 6.07) is 5.66. The van der Waals surface area contributed by atoms with Gasteiger partial charge in [-0.15, -0.1) is 0 Å². The van der Waals surface area contributed by atoms with Crippen molar-refractivity contribution in [2.45, 2.75) is 89.6 Å². The Morgan fingerprint density at radius 2 is 1.23 bits per heavy atom. The summed E-state index contributed by atoms with van der Waals surface area (Å²) in [5.74, 6) is 2.44. The Kier molecular flexibility index (Phi) is 11.6. The molecule has 61 heavy (non-hydrogen) atoms. The van der Waals surface area contributed by atoms with Crippen LogP contribution >= 0.6 is 0 Å². The van der Waals surface area contributed by atoms with Crippen molar-refractivity contribution in [3.05, 3.63) is 59.4 Å². The van der Waals surface area contributed by atoms with Gasteiger partial charge >= 0.3 is 12.2 Å². The molecule has 4 aliphatic rings. The van der Waals surface area contributed by atoms with Gasteiger partial charge in [-0.05, 0) is 63.3 Å². The van der Waals surface area contributed by atoms with Gasteiger partial charge in [-0.25, -0.2) is 19.6 Å². The number of ether oxygens (including phenoxy) is 6. The lowest BCUT2D eigenvalue weighted by Gasteiger charge is -2.31. The van der Waals surface area contributed by atoms with Crippen molar-refractivity contribution in [3.63, 3.8) is 0 Å². The van der Waals surface area contributed by atoms with Crippen molar-refractivity contribution in [1.29, 1.82) is 0 Å². The van der Waals surface area contributed by atoms with Crippen LogP contribution in [0.4, 0.5) is 9.59 Å². The molecule has 2 aromatic carbocycles. The molecule has 18 heteroatoms. The van der Waals surface area contributed by atoms with Crippen LogP contribution in [-0.2, 0) is 41.8 Å². The van der Waals surface area contributed by atoms with E-state index < -0.39 is 36.5 Å². The molecule has 324 valence electrons. The number of imidazole rings is 2. The Hall–Kier alpha value is -6.14. The summed E-state index contributed by atoms with van der Waals surface area (Å²) < 4.78 is 33.3. The molecule has 2 fully saturated rings. The number of amides is 4. The standard InChI is InChI=1S/C43H52N8O10/c1-21-11-31(51(18-21)41(53)37(23(3)57-5)49-43(55)59-7)39-45-17-29(47-39)25-13-27-20-60-32-14-24(12-26-19-61-33(15-25)35(27)34(26)32)28-16-44-38(46-28)30-9-8-10-50(30)40(52)36(22(2)56-4)48-42(54)58-6/h12-17,21-23,30-31,36-37H,8-11,18-20H2,1-7H3,(H,44,46)(H,45,47)(H,48,54)(H,49,55)/t21-,22+,23+,30-,31-,36-,37-/m0/s1. The third kappa shape index (κ3) is 7.85. The molecule has 2 aromatic heterocycles. The number of carbonyl (C=O) groups is 4. The van der Waals surface area contributed by atoms with Gasteiger partial charge in [-0.3, -0.25) is 9.59 Å². The monoisotopic (exact) mass is 840 g/mol. The van der Waals surface area contributed by atoms with E-state index in [0.717, 1.165) is 62.7 Å². The van der Waals surface area contributed by atoms with Crippen LogP contribution in [0.5, 0.6) is 11.5 Å². The molecule has 7 atom stereocenters. The van der Waals surface area contributed by atoms with E-state index in [1.807, 2.05) is 12.1 Å². The molecular weight excluding hydrogens is 789 g/mol. The fourth-order valence-electron chi connectivity index (χ4n) is 8.92. The number of aromatic amines is 2. The number of H-pyrrole nitrogens is 2. The van der Waals surface area contributed by atoms with Crippen LogP contribution in [0.2, 0.25) is 0 Å². The fourth-order valence-corrected chi connectivity index (χ4v) is 8.92. The van der Waals surface area contributed by atoms with Crippen molar-refractivity contribution >= 4 is 24.0 Å². The molecule has 0 saturated carbocycles. The Labute approximate surface area is 353 Å². The van der Waals surface area contributed by atoms with Gasteiger partial charge in [0.15, 0.2) is 0 Å². The zero-order chi connectivity index (χ0) is 43.1. The molecule has 0 spiro atoms. The highest BCUT2D eigenvalue weighted by Crippen LogP contribution is 2.51. The number of nitrogens with zero attached hydrogens (tertiary/aromatic N) is 4. The van der Waals surface area contributed by atoms with Crippen molar-refractivity contribution in [2.75, 3.05) is 41.5 Å². The fraction of sp³-hybridized carbons (Fsp3) is 0.488. The number of alkyl carbamates (subject to hydrolysis) is 2. The van der Waals surface area contributed by atoms with Crippen LogP contribution in [0.3, 0.4) is 0 Å². The van der Waals surface area contributed by atoms with E-state index in [2.05, 4.69) is 39.7 Å². The van der Waals surface area contributed by atoms with E-state index in [4.69, 9.17) is 38.4 Å². The highest BCUT2D eigenvalue weighted by atomic mass is 16.5. The number of methoxy groups -OCH3 is 4. The molecule has 0 aliphatic carbocycles. The Balaban J connectivity index is 1.02. The lowest BCUT2D eigenvalue weighted by atomic mass is 9.87. The number of hydrogen-bond acceptors (Lipinski definition) is 12. The second-order valence-electron chi connectivity index (χ2n) is 16.1. The average molecular weight is 841 g/mol. The van der Waals surface area contributed by atoms with Gasteiger partial charge in [0.2, 0.25) is 11.8 Å². The second-order valence-corrected chi connectivity index (χ2v) is 16.1. The van der Waals surface area contributed by atoms with Crippen molar-refractivity contribution in [2.24, 2.45) is 5.92 Å². The predicted octanol–water partition coefficient (Wildman–Crippen LogP) is 5.01. The summed E-state index contributed by atoms with van der Waals surface area (Å²) in [5.41, 5.74) is 7.20. The maximum absolute atomic E-state index is 13.9. The molecule has 0 radical (unpaired) electrons. The third-order valence-corrected chi connectivity index (χ3v) is 12.3. The molecule has 2 saturated heterocycles. The Morgan fingerprint density at radius 1 is 0.738 bits per heavy atom. The van der Waals surface area contributed by atoms with Crippen LogP contribution in [0, 0.1) is 5.92 Å². The molecule has 4 aliphatic heterocycles. The predicted molar refractivity (Wildman–Crippen MR) is 219 cm³/mol. The van der Waals surface area contributed by atoms with Gasteiger partial charge in [0.05, 0.1) is 62.3 Å². The first kappa shape index (κ1) is 41.6.